The van der Waals surface area contributed by atoms with Crippen LogP contribution in [0.4, 0.5) is 5.69 Å². The van der Waals surface area contributed by atoms with E-state index in [1.807, 2.05) is 0 Å². The predicted molar refractivity (Wildman–Crippen MR) is 66.8 cm³/mol. The fourth-order valence-electron chi connectivity index (χ4n) is 1.91. The molecule has 6 heteroatoms. The summed E-state index contributed by atoms with van der Waals surface area (Å²) in [5, 5.41) is 5.43. The minimum Gasteiger partial charge on any atom is -0.397 e. The first kappa shape index (κ1) is 12.3. The van der Waals surface area contributed by atoms with Gasteiger partial charge in [-0.1, -0.05) is 0 Å². The summed E-state index contributed by atoms with van der Waals surface area (Å²) in [7, 11) is 0. The van der Waals surface area contributed by atoms with Crippen LogP contribution in [-0.2, 0) is 4.79 Å². The fourth-order valence-corrected chi connectivity index (χ4v) is 1.91. The summed E-state index contributed by atoms with van der Waals surface area (Å²) in [5.74, 6) is -0.550. The highest BCUT2D eigenvalue weighted by Gasteiger charge is 2.23. The van der Waals surface area contributed by atoms with E-state index in [1.165, 1.54) is 6.20 Å². The maximum atomic E-state index is 12.0. The van der Waals surface area contributed by atoms with Crippen LogP contribution in [0.3, 0.4) is 0 Å². The zero-order valence-electron chi connectivity index (χ0n) is 9.98. The van der Waals surface area contributed by atoms with E-state index in [0.717, 1.165) is 12.8 Å². The lowest BCUT2D eigenvalue weighted by Gasteiger charge is -2.15. The highest BCUT2D eigenvalue weighted by atomic mass is 16.2. The van der Waals surface area contributed by atoms with E-state index < -0.39 is 11.9 Å². The van der Waals surface area contributed by atoms with Crippen LogP contribution in [0.5, 0.6) is 0 Å². The number of amides is 2. The van der Waals surface area contributed by atoms with Crippen molar-refractivity contribution in [3.05, 3.63) is 24.0 Å². The number of pyridine rings is 1. The number of aromatic nitrogens is 1. The second-order valence-electron chi connectivity index (χ2n) is 4.25. The first-order valence-corrected chi connectivity index (χ1v) is 5.97. The van der Waals surface area contributed by atoms with E-state index in [4.69, 9.17) is 5.73 Å². The standard InChI is InChI=1S/C12H16N4O2/c13-8-4-3-7-14-10(8)12(18)16-9-5-1-2-6-15-11(9)17/h3-4,7,9H,1-2,5-6,13H2,(H,15,17)(H,16,18). The highest BCUT2D eigenvalue weighted by molar-refractivity contribution is 5.99. The Labute approximate surface area is 105 Å². The Morgan fingerprint density at radius 3 is 3.11 bits per heavy atom. The molecule has 1 unspecified atom stereocenters. The quantitative estimate of drug-likeness (QED) is 0.689. The van der Waals surface area contributed by atoms with Crippen LogP contribution in [0.1, 0.15) is 29.8 Å². The Hall–Kier alpha value is -2.11. The summed E-state index contributed by atoms with van der Waals surface area (Å²) in [5.41, 5.74) is 6.14. The first-order chi connectivity index (χ1) is 8.68. The second kappa shape index (κ2) is 5.48. The van der Waals surface area contributed by atoms with Gasteiger partial charge in [-0.3, -0.25) is 9.59 Å². The van der Waals surface area contributed by atoms with Gasteiger partial charge in [0.1, 0.15) is 6.04 Å². The van der Waals surface area contributed by atoms with Crippen LogP contribution < -0.4 is 16.4 Å². The second-order valence-corrected chi connectivity index (χ2v) is 4.25. The van der Waals surface area contributed by atoms with Gasteiger partial charge in [-0.2, -0.15) is 0 Å². The van der Waals surface area contributed by atoms with Gasteiger partial charge in [0.25, 0.3) is 5.91 Å². The molecule has 2 amide bonds. The average Bonchev–Trinajstić information content (AvgIpc) is 2.55. The number of carbonyl (C=O) groups is 2. The molecule has 1 aromatic rings. The van der Waals surface area contributed by atoms with Crippen LogP contribution in [0.2, 0.25) is 0 Å². The van der Waals surface area contributed by atoms with E-state index in [1.54, 1.807) is 12.1 Å². The van der Waals surface area contributed by atoms with Crippen LogP contribution in [-0.4, -0.2) is 29.4 Å². The van der Waals surface area contributed by atoms with Crippen LogP contribution in [0.25, 0.3) is 0 Å². The molecular formula is C12H16N4O2. The summed E-state index contributed by atoms with van der Waals surface area (Å²) in [6.07, 6.45) is 3.98. The number of hydrogen-bond acceptors (Lipinski definition) is 4. The van der Waals surface area contributed by atoms with Crippen molar-refractivity contribution in [1.82, 2.24) is 15.6 Å². The number of carbonyl (C=O) groups excluding carboxylic acids is 2. The lowest BCUT2D eigenvalue weighted by Crippen LogP contribution is -2.45. The SMILES string of the molecule is Nc1cccnc1C(=O)NC1CCCCNC1=O. The molecule has 96 valence electrons. The fraction of sp³-hybridized carbons (Fsp3) is 0.417. The third-order valence-corrected chi connectivity index (χ3v) is 2.89. The zero-order chi connectivity index (χ0) is 13.0. The van der Waals surface area contributed by atoms with Crippen molar-refractivity contribution in [3.8, 4) is 0 Å². The van der Waals surface area contributed by atoms with Crippen molar-refractivity contribution in [2.24, 2.45) is 0 Å². The number of nitrogens with one attached hydrogen (secondary N) is 2. The maximum absolute atomic E-state index is 12.0. The predicted octanol–water partition coefficient (Wildman–Crippen LogP) is 0.0623. The summed E-state index contributed by atoms with van der Waals surface area (Å²) < 4.78 is 0. The smallest absolute Gasteiger partial charge is 0.272 e. The van der Waals surface area contributed by atoms with Crippen molar-refractivity contribution in [2.75, 3.05) is 12.3 Å². The van der Waals surface area contributed by atoms with Crippen molar-refractivity contribution >= 4 is 17.5 Å². The van der Waals surface area contributed by atoms with Gasteiger partial charge in [0.2, 0.25) is 5.91 Å². The molecule has 2 heterocycles. The largest absolute Gasteiger partial charge is 0.397 e. The van der Waals surface area contributed by atoms with Crippen LogP contribution in [0.15, 0.2) is 18.3 Å². The molecule has 4 N–H and O–H groups in total. The number of nitrogens with zero attached hydrogens (tertiary/aromatic N) is 1. The first-order valence-electron chi connectivity index (χ1n) is 5.97. The van der Waals surface area contributed by atoms with Gasteiger partial charge in [0.15, 0.2) is 5.69 Å². The van der Waals surface area contributed by atoms with E-state index >= 15 is 0 Å². The topological polar surface area (TPSA) is 97.1 Å². The van der Waals surface area contributed by atoms with Gasteiger partial charge in [-0.05, 0) is 31.4 Å². The maximum Gasteiger partial charge on any atom is 0.272 e. The molecule has 0 spiro atoms. The molecule has 1 atom stereocenters. The van der Waals surface area contributed by atoms with E-state index in [0.29, 0.717) is 18.7 Å². The Morgan fingerprint density at radius 1 is 1.50 bits per heavy atom. The van der Waals surface area contributed by atoms with Crippen molar-refractivity contribution in [1.29, 1.82) is 0 Å². The lowest BCUT2D eigenvalue weighted by molar-refractivity contribution is -0.122. The Kier molecular flexibility index (Phi) is 3.76. The van der Waals surface area contributed by atoms with Crippen molar-refractivity contribution in [3.63, 3.8) is 0 Å². The van der Waals surface area contributed by atoms with Gasteiger partial charge in [0.05, 0.1) is 5.69 Å². The Balaban J connectivity index is 2.06. The molecule has 2 rings (SSSR count). The van der Waals surface area contributed by atoms with E-state index in [9.17, 15) is 9.59 Å². The molecule has 1 aliphatic rings. The summed E-state index contributed by atoms with van der Waals surface area (Å²) in [6.45, 7) is 0.664. The number of rotatable bonds is 2. The highest BCUT2D eigenvalue weighted by Crippen LogP contribution is 2.09. The number of hydrogen-bond donors (Lipinski definition) is 3. The van der Waals surface area contributed by atoms with Gasteiger partial charge in [0, 0.05) is 12.7 Å². The molecule has 1 saturated heterocycles. The minimum absolute atomic E-state index is 0.143. The summed E-state index contributed by atoms with van der Waals surface area (Å²) >= 11 is 0. The summed E-state index contributed by atoms with van der Waals surface area (Å²) in [4.78, 5) is 27.6. The van der Waals surface area contributed by atoms with Crippen molar-refractivity contribution < 1.29 is 9.59 Å². The molecule has 1 fully saturated rings. The molecule has 1 aliphatic heterocycles. The van der Waals surface area contributed by atoms with E-state index in [-0.39, 0.29) is 11.6 Å². The van der Waals surface area contributed by atoms with Crippen LogP contribution >= 0.6 is 0 Å². The number of anilines is 1. The van der Waals surface area contributed by atoms with Gasteiger partial charge in [-0.25, -0.2) is 4.98 Å². The number of nitrogen functional groups attached to an aromatic ring is 1. The van der Waals surface area contributed by atoms with Gasteiger partial charge >= 0.3 is 0 Å². The van der Waals surface area contributed by atoms with Gasteiger partial charge in [-0.15, -0.1) is 0 Å². The molecule has 0 aromatic carbocycles. The molecule has 0 saturated carbocycles. The number of nitrogens with two attached hydrogens (primary N) is 1. The zero-order valence-corrected chi connectivity index (χ0v) is 9.98. The molecular weight excluding hydrogens is 232 g/mol. The molecule has 0 radical (unpaired) electrons. The van der Waals surface area contributed by atoms with Crippen LogP contribution in [0, 0.1) is 0 Å². The van der Waals surface area contributed by atoms with E-state index in [2.05, 4.69) is 15.6 Å². The molecule has 0 aliphatic carbocycles. The monoisotopic (exact) mass is 248 g/mol. The third-order valence-electron chi connectivity index (χ3n) is 2.89. The normalized spacial score (nSPS) is 19.8. The molecule has 1 aromatic heterocycles. The summed E-state index contributed by atoms with van der Waals surface area (Å²) in [6, 6.07) is 2.76. The molecule has 0 bridgehead atoms. The Morgan fingerprint density at radius 2 is 2.33 bits per heavy atom. The van der Waals surface area contributed by atoms with Crippen molar-refractivity contribution in [2.45, 2.75) is 25.3 Å². The molecule has 18 heavy (non-hydrogen) atoms. The lowest BCUT2D eigenvalue weighted by atomic mass is 10.1. The molecule has 6 nitrogen and oxygen atoms in total. The van der Waals surface area contributed by atoms with Gasteiger partial charge < -0.3 is 16.4 Å². The average molecular weight is 248 g/mol. The third kappa shape index (κ3) is 2.77. The minimum atomic E-state index is -0.499. The Bertz CT molecular complexity index is 461.